The lowest BCUT2D eigenvalue weighted by Crippen LogP contribution is -1.69. The van der Waals surface area contributed by atoms with Gasteiger partial charge < -0.3 is 0 Å². The second kappa shape index (κ2) is 3.06. The lowest BCUT2D eigenvalue weighted by Gasteiger charge is -1.91. The first-order valence-electron chi connectivity index (χ1n) is 3.23. The first-order chi connectivity index (χ1) is 4.84. The lowest BCUT2D eigenvalue weighted by atomic mass is 10.2. The van der Waals surface area contributed by atoms with E-state index >= 15 is 0 Å². The van der Waals surface area contributed by atoms with Gasteiger partial charge in [0.05, 0.1) is 0 Å². The van der Waals surface area contributed by atoms with Crippen LogP contribution in [-0.4, -0.2) is 0 Å². The Balaban J connectivity index is 3.03. The van der Waals surface area contributed by atoms with Gasteiger partial charge in [-0.15, -0.1) is 0 Å². The van der Waals surface area contributed by atoms with Gasteiger partial charge in [-0.25, -0.2) is 0 Å². The number of hydrogen-bond donors (Lipinski definition) is 0. The first kappa shape index (κ1) is 6.87. The van der Waals surface area contributed by atoms with E-state index in [4.69, 9.17) is 0 Å². The van der Waals surface area contributed by atoms with Crippen molar-refractivity contribution in [1.29, 1.82) is 0 Å². The van der Waals surface area contributed by atoms with Crippen LogP contribution in [0.4, 0.5) is 0 Å². The van der Waals surface area contributed by atoms with Crippen molar-refractivity contribution in [2.75, 3.05) is 0 Å². The molecule has 1 aromatic rings. The second-order valence-corrected chi connectivity index (χ2v) is 2.04. The zero-order valence-electron chi connectivity index (χ0n) is 5.87. The molecule has 0 spiro atoms. The van der Waals surface area contributed by atoms with Crippen molar-refractivity contribution in [3.63, 3.8) is 0 Å². The molecule has 1 nitrogen and oxygen atoms in total. The monoisotopic (exact) mass is 133 g/mol. The Hall–Kier alpha value is -1.24. The van der Waals surface area contributed by atoms with E-state index in [1.165, 1.54) is 0 Å². The van der Waals surface area contributed by atoms with Crippen molar-refractivity contribution < 1.29 is 5.11 Å². The van der Waals surface area contributed by atoms with Crippen molar-refractivity contribution in [3.8, 4) is 5.75 Å². The third kappa shape index (κ3) is 1.38. The number of allylic oxidation sites excluding steroid dienone is 1. The number of benzene rings is 1. The highest BCUT2D eigenvalue weighted by Crippen LogP contribution is 2.17. The van der Waals surface area contributed by atoms with Crippen LogP contribution in [0.3, 0.4) is 0 Å². The van der Waals surface area contributed by atoms with Crippen LogP contribution in [0.2, 0.25) is 0 Å². The molecule has 0 heterocycles. The van der Waals surface area contributed by atoms with E-state index in [1.807, 2.05) is 31.2 Å². The molecule has 1 aromatic carbocycles. The number of hydrogen-bond acceptors (Lipinski definition) is 0. The molecule has 10 heavy (non-hydrogen) atoms. The fourth-order valence-corrected chi connectivity index (χ4v) is 0.798. The van der Waals surface area contributed by atoms with Gasteiger partial charge in [0, 0.05) is 5.56 Å². The highest BCUT2D eigenvalue weighted by atomic mass is 16.3. The molecule has 0 amide bonds. The minimum Gasteiger partial charge on any atom is -0.289 e. The summed E-state index contributed by atoms with van der Waals surface area (Å²) in [6, 6.07) is 6.98. The Kier molecular flexibility index (Phi) is 2.11. The molecule has 0 N–H and O–H groups in total. The summed E-state index contributed by atoms with van der Waals surface area (Å²) >= 11 is 0. The number of rotatable bonds is 1. The van der Waals surface area contributed by atoms with E-state index in [1.54, 1.807) is 12.1 Å². The quantitative estimate of drug-likeness (QED) is 0.561. The van der Waals surface area contributed by atoms with E-state index in [0.717, 1.165) is 5.56 Å². The Morgan fingerprint density at radius 1 is 1.30 bits per heavy atom. The van der Waals surface area contributed by atoms with Crippen molar-refractivity contribution in [3.05, 3.63) is 35.9 Å². The normalized spacial score (nSPS) is 10.5. The third-order valence-corrected chi connectivity index (χ3v) is 1.27. The summed E-state index contributed by atoms with van der Waals surface area (Å²) in [5.41, 5.74) is 0.755. The summed E-state index contributed by atoms with van der Waals surface area (Å²) in [7, 11) is 0. The standard InChI is InChI=1S/C9H9O/c1-2-5-8-6-3-4-7-9(8)10/h2-7H,1H3/b5-2-. The predicted octanol–water partition coefficient (Wildman–Crippen LogP) is 2.86. The molecule has 0 aromatic heterocycles. The van der Waals surface area contributed by atoms with E-state index in [-0.39, 0.29) is 5.75 Å². The molecule has 0 saturated carbocycles. The van der Waals surface area contributed by atoms with Crippen LogP contribution in [0.25, 0.3) is 6.08 Å². The Bertz CT molecular complexity index is 238. The topological polar surface area (TPSA) is 19.9 Å². The maximum Gasteiger partial charge on any atom is 0.185 e. The lowest BCUT2D eigenvalue weighted by molar-refractivity contribution is 0.354. The van der Waals surface area contributed by atoms with Crippen LogP contribution in [0.5, 0.6) is 5.75 Å². The highest BCUT2D eigenvalue weighted by Gasteiger charge is 1.93. The molecule has 1 radical (unpaired) electrons. The maximum atomic E-state index is 11.0. The van der Waals surface area contributed by atoms with Crippen LogP contribution >= 0.6 is 0 Å². The molecule has 0 bridgehead atoms. The molecule has 0 saturated heterocycles. The van der Waals surface area contributed by atoms with Crippen molar-refractivity contribution in [2.24, 2.45) is 0 Å². The minimum atomic E-state index is 0.0839. The van der Waals surface area contributed by atoms with Gasteiger partial charge in [-0.1, -0.05) is 30.4 Å². The first-order valence-corrected chi connectivity index (χ1v) is 3.23. The van der Waals surface area contributed by atoms with Gasteiger partial charge in [0.15, 0.2) is 5.75 Å². The molecule has 0 unspecified atom stereocenters. The summed E-state index contributed by atoms with van der Waals surface area (Å²) < 4.78 is 0. The zero-order valence-corrected chi connectivity index (χ0v) is 5.87. The molecule has 0 atom stereocenters. The zero-order chi connectivity index (χ0) is 7.40. The van der Waals surface area contributed by atoms with Crippen LogP contribution in [-0.2, 0) is 5.11 Å². The molecule has 0 aliphatic heterocycles. The highest BCUT2D eigenvalue weighted by molar-refractivity contribution is 5.55. The Labute approximate surface area is 60.6 Å². The van der Waals surface area contributed by atoms with Crippen LogP contribution < -0.4 is 0 Å². The van der Waals surface area contributed by atoms with Crippen LogP contribution in [0.15, 0.2) is 30.3 Å². The predicted molar refractivity (Wildman–Crippen MR) is 41.3 cm³/mol. The maximum absolute atomic E-state index is 11.0. The van der Waals surface area contributed by atoms with Crippen molar-refractivity contribution in [1.82, 2.24) is 0 Å². The van der Waals surface area contributed by atoms with Gasteiger partial charge in [0.25, 0.3) is 0 Å². The van der Waals surface area contributed by atoms with E-state index in [2.05, 4.69) is 0 Å². The molecule has 1 heteroatoms. The Morgan fingerprint density at radius 3 is 2.60 bits per heavy atom. The molecule has 0 aliphatic rings. The van der Waals surface area contributed by atoms with E-state index in [9.17, 15) is 5.11 Å². The molecular weight excluding hydrogens is 124 g/mol. The third-order valence-electron chi connectivity index (χ3n) is 1.27. The second-order valence-electron chi connectivity index (χ2n) is 2.04. The summed E-state index contributed by atoms with van der Waals surface area (Å²) in [6.45, 7) is 1.90. The fourth-order valence-electron chi connectivity index (χ4n) is 0.798. The van der Waals surface area contributed by atoms with Gasteiger partial charge in [-0.05, 0) is 13.0 Å². The van der Waals surface area contributed by atoms with Gasteiger partial charge in [-0.3, -0.25) is 5.11 Å². The average molecular weight is 133 g/mol. The van der Waals surface area contributed by atoms with Crippen LogP contribution in [0.1, 0.15) is 12.5 Å². The van der Waals surface area contributed by atoms with E-state index < -0.39 is 0 Å². The smallest absolute Gasteiger partial charge is 0.185 e. The van der Waals surface area contributed by atoms with Gasteiger partial charge in [0.2, 0.25) is 0 Å². The molecular formula is C9H9O. The van der Waals surface area contributed by atoms with Crippen molar-refractivity contribution in [2.45, 2.75) is 6.92 Å². The SMILES string of the molecule is C/C=C\c1ccccc1[O]. The molecule has 0 fully saturated rings. The Morgan fingerprint density at radius 2 is 2.00 bits per heavy atom. The largest absolute Gasteiger partial charge is 0.289 e. The summed E-state index contributed by atoms with van der Waals surface area (Å²) in [6.07, 6.45) is 3.67. The van der Waals surface area contributed by atoms with E-state index in [0.29, 0.717) is 0 Å². The summed E-state index contributed by atoms with van der Waals surface area (Å²) in [5, 5.41) is 11.0. The molecule has 1 rings (SSSR count). The summed E-state index contributed by atoms with van der Waals surface area (Å²) in [4.78, 5) is 0. The van der Waals surface area contributed by atoms with Crippen molar-refractivity contribution >= 4 is 6.08 Å². The molecule has 51 valence electrons. The van der Waals surface area contributed by atoms with Gasteiger partial charge in [-0.2, -0.15) is 0 Å². The summed E-state index contributed by atoms with van der Waals surface area (Å²) in [5.74, 6) is 0.0839. The fraction of sp³-hybridized carbons (Fsp3) is 0.111. The van der Waals surface area contributed by atoms with Gasteiger partial charge >= 0.3 is 0 Å². The minimum absolute atomic E-state index is 0.0839. The van der Waals surface area contributed by atoms with Crippen LogP contribution in [0, 0.1) is 0 Å². The van der Waals surface area contributed by atoms with Gasteiger partial charge in [0.1, 0.15) is 0 Å². The molecule has 0 aliphatic carbocycles. The average Bonchev–Trinajstić information content (AvgIpc) is 1.94. The number of para-hydroxylation sites is 1.